The van der Waals surface area contributed by atoms with Crippen molar-refractivity contribution in [1.82, 2.24) is 5.43 Å². The highest BCUT2D eigenvalue weighted by Gasteiger charge is 1.95. The normalized spacial score (nSPS) is 12.9. The van der Waals surface area contributed by atoms with E-state index in [0.717, 1.165) is 0 Å². The standard InChI is InChI=1S/C3H6.CH6N2.ClH/c1-2-3-1;1-3-2;/h1-3H2;3H,2H2,1H3;1H. The summed E-state index contributed by atoms with van der Waals surface area (Å²) < 4.78 is 0. The maximum atomic E-state index is 4.60. The van der Waals surface area contributed by atoms with Gasteiger partial charge in [0, 0.05) is 0 Å². The molecular weight excluding hydrogens is 112 g/mol. The summed E-state index contributed by atoms with van der Waals surface area (Å²) in [7, 11) is 1.65. The fraction of sp³-hybridized carbons (Fsp3) is 1.00. The molecule has 46 valence electrons. The van der Waals surface area contributed by atoms with Gasteiger partial charge in [-0.25, -0.2) is 0 Å². The van der Waals surface area contributed by atoms with Crippen LogP contribution in [-0.2, 0) is 0 Å². The van der Waals surface area contributed by atoms with Crippen LogP contribution in [0.25, 0.3) is 0 Å². The van der Waals surface area contributed by atoms with Crippen LogP contribution in [0.2, 0.25) is 0 Å². The second-order valence-corrected chi connectivity index (χ2v) is 1.35. The van der Waals surface area contributed by atoms with Crippen molar-refractivity contribution >= 4 is 12.4 Å². The molecule has 0 aliphatic heterocycles. The molecule has 0 aromatic rings. The highest BCUT2D eigenvalue weighted by Crippen LogP contribution is 2.14. The van der Waals surface area contributed by atoms with Gasteiger partial charge in [0.1, 0.15) is 0 Å². The molecule has 0 radical (unpaired) electrons. The van der Waals surface area contributed by atoms with Crippen LogP contribution in [0.3, 0.4) is 0 Å². The fourth-order valence-corrected chi connectivity index (χ4v) is 0. The molecule has 0 aromatic heterocycles. The molecule has 2 nitrogen and oxygen atoms in total. The molecule has 1 aliphatic carbocycles. The topological polar surface area (TPSA) is 38.0 Å². The Morgan fingerprint density at radius 3 is 1.43 bits per heavy atom. The summed E-state index contributed by atoms with van der Waals surface area (Å²) in [5.41, 5.74) is 2.25. The number of hydrazine groups is 1. The van der Waals surface area contributed by atoms with E-state index in [1.54, 1.807) is 7.05 Å². The lowest BCUT2D eigenvalue weighted by Crippen LogP contribution is -2.13. The van der Waals surface area contributed by atoms with Crippen LogP contribution in [0.1, 0.15) is 19.3 Å². The van der Waals surface area contributed by atoms with Crippen LogP contribution >= 0.6 is 12.4 Å². The van der Waals surface area contributed by atoms with Gasteiger partial charge in [-0.05, 0) is 7.05 Å². The van der Waals surface area contributed by atoms with E-state index in [-0.39, 0.29) is 12.4 Å². The van der Waals surface area contributed by atoms with Gasteiger partial charge in [-0.3, -0.25) is 11.3 Å². The second-order valence-electron chi connectivity index (χ2n) is 1.35. The molecule has 1 rings (SSSR count). The van der Waals surface area contributed by atoms with Crippen molar-refractivity contribution in [2.24, 2.45) is 5.84 Å². The zero-order valence-electron chi connectivity index (χ0n) is 4.61. The molecule has 0 aromatic carbocycles. The zero-order valence-corrected chi connectivity index (χ0v) is 5.42. The minimum Gasteiger partial charge on any atom is -0.272 e. The average Bonchev–Trinajstić information content (AvgIpc) is 2.11. The molecule has 0 heterocycles. The van der Waals surface area contributed by atoms with E-state index in [4.69, 9.17) is 0 Å². The van der Waals surface area contributed by atoms with Crippen molar-refractivity contribution in [3.8, 4) is 0 Å². The molecule has 1 aliphatic rings. The first-order valence-electron chi connectivity index (χ1n) is 2.29. The molecule has 3 N–H and O–H groups in total. The third-order valence-electron chi connectivity index (χ3n) is 0.354. The first-order valence-corrected chi connectivity index (χ1v) is 2.29. The van der Waals surface area contributed by atoms with E-state index >= 15 is 0 Å². The maximum Gasteiger partial charge on any atom is -0.00172 e. The Bertz CT molecular complexity index is 20.9. The summed E-state index contributed by atoms with van der Waals surface area (Å²) in [6, 6.07) is 0. The van der Waals surface area contributed by atoms with Crippen LogP contribution in [0, 0.1) is 0 Å². The van der Waals surface area contributed by atoms with Crippen LogP contribution in [0.4, 0.5) is 0 Å². The Labute approximate surface area is 50.8 Å². The van der Waals surface area contributed by atoms with Gasteiger partial charge in [0.05, 0.1) is 0 Å². The number of nitrogens with one attached hydrogen (secondary N) is 1. The zero-order chi connectivity index (χ0) is 4.83. The fourth-order valence-electron chi connectivity index (χ4n) is 0. The van der Waals surface area contributed by atoms with Crippen LogP contribution in [0.15, 0.2) is 0 Å². The van der Waals surface area contributed by atoms with E-state index in [2.05, 4.69) is 11.3 Å². The quantitative estimate of drug-likeness (QED) is 0.368. The maximum absolute atomic E-state index is 4.60. The lowest BCUT2D eigenvalue weighted by atomic mass is 11.0. The molecule has 0 amide bonds. The van der Waals surface area contributed by atoms with Gasteiger partial charge in [0.25, 0.3) is 0 Å². The highest BCUT2D eigenvalue weighted by atomic mass is 35.5. The molecule has 7 heavy (non-hydrogen) atoms. The Morgan fingerprint density at radius 1 is 1.29 bits per heavy atom. The van der Waals surface area contributed by atoms with Gasteiger partial charge >= 0.3 is 0 Å². The Balaban J connectivity index is 0. The minimum absolute atomic E-state index is 0. The number of rotatable bonds is 0. The Morgan fingerprint density at radius 2 is 1.43 bits per heavy atom. The van der Waals surface area contributed by atoms with E-state index in [0.29, 0.717) is 0 Å². The number of hydrogen-bond donors (Lipinski definition) is 2. The summed E-state index contributed by atoms with van der Waals surface area (Å²) in [5.74, 6) is 4.60. The summed E-state index contributed by atoms with van der Waals surface area (Å²) in [6.45, 7) is 0. The van der Waals surface area contributed by atoms with Crippen LogP contribution in [0.5, 0.6) is 0 Å². The number of nitrogens with two attached hydrogens (primary N) is 1. The summed E-state index contributed by atoms with van der Waals surface area (Å²) in [6.07, 6.45) is 4.50. The number of hydrogen-bond acceptors (Lipinski definition) is 2. The van der Waals surface area contributed by atoms with Crippen molar-refractivity contribution < 1.29 is 0 Å². The minimum atomic E-state index is 0. The van der Waals surface area contributed by atoms with Crippen molar-refractivity contribution in [3.63, 3.8) is 0 Å². The average molecular weight is 125 g/mol. The third-order valence-corrected chi connectivity index (χ3v) is 0.354. The third kappa shape index (κ3) is 75.2. The van der Waals surface area contributed by atoms with E-state index in [1.165, 1.54) is 19.3 Å². The molecule has 0 unspecified atom stereocenters. The number of halogens is 1. The second kappa shape index (κ2) is 9.51. The Hall–Kier alpha value is 0.210. The van der Waals surface area contributed by atoms with Gasteiger partial charge in [-0.2, -0.15) is 0 Å². The monoisotopic (exact) mass is 124 g/mol. The molecule has 0 saturated heterocycles. The van der Waals surface area contributed by atoms with Crippen LogP contribution in [-0.4, -0.2) is 7.05 Å². The smallest absolute Gasteiger partial charge is 0.00172 e. The van der Waals surface area contributed by atoms with Gasteiger partial charge in [0.2, 0.25) is 0 Å². The lowest BCUT2D eigenvalue weighted by Gasteiger charge is -1.62. The molecule has 1 fully saturated rings. The Kier molecular flexibility index (Phi) is 13.9. The largest absolute Gasteiger partial charge is 0.272 e. The lowest BCUT2D eigenvalue weighted by molar-refractivity contribution is 0.900. The van der Waals surface area contributed by atoms with E-state index in [9.17, 15) is 0 Å². The first-order chi connectivity index (χ1) is 2.91. The molecule has 0 atom stereocenters. The van der Waals surface area contributed by atoms with E-state index < -0.39 is 0 Å². The molecule has 0 spiro atoms. The molecular formula is C4H13ClN2. The summed E-state index contributed by atoms with van der Waals surface area (Å²) in [5, 5.41) is 0. The van der Waals surface area contributed by atoms with Gasteiger partial charge in [-0.1, -0.05) is 19.3 Å². The van der Waals surface area contributed by atoms with Gasteiger partial charge < -0.3 is 0 Å². The van der Waals surface area contributed by atoms with Gasteiger partial charge in [0.15, 0.2) is 0 Å². The van der Waals surface area contributed by atoms with E-state index in [1.807, 2.05) is 0 Å². The predicted octanol–water partition coefficient (Wildman–Crippen LogP) is 0.672. The summed E-state index contributed by atoms with van der Waals surface area (Å²) >= 11 is 0. The van der Waals surface area contributed by atoms with Crippen LogP contribution < -0.4 is 11.3 Å². The molecule has 3 heteroatoms. The molecule has 0 bridgehead atoms. The summed E-state index contributed by atoms with van der Waals surface area (Å²) in [4.78, 5) is 0. The van der Waals surface area contributed by atoms with Crippen molar-refractivity contribution in [3.05, 3.63) is 0 Å². The molecule has 1 saturated carbocycles. The van der Waals surface area contributed by atoms with Crippen molar-refractivity contribution in [1.29, 1.82) is 0 Å². The predicted molar refractivity (Wildman–Crippen MR) is 34.3 cm³/mol. The first kappa shape index (κ1) is 10.2. The SMILES string of the molecule is C1CC1.CNN.Cl. The van der Waals surface area contributed by atoms with Crippen molar-refractivity contribution in [2.45, 2.75) is 19.3 Å². The van der Waals surface area contributed by atoms with Gasteiger partial charge in [-0.15, -0.1) is 12.4 Å². The van der Waals surface area contributed by atoms with Crippen molar-refractivity contribution in [2.75, 3.05) is 7.05 Å². The highest BCUT2D eigenvalue weighted by molar-refractivity contribution is 5.85.